The summed E-state index contributed by atoms with van der Waals surface area (Å²) in [7, 11) is 0. The van der Waals surface area contributed by atoms with Gasteiger partial charge in [-0.2, -0.15) is 0 Å². The van der Waals surface area contributed by atoms with Crippen molar-refractivity contribution in [2.45, 2.75) is 0 Å². The quantitative estimate of drug-likeness (QED) is 0.478. The second-order valence-corrected chi connectivity index (χ2v) is 6.66. The summed E-state index contributed by atoms with van der Waals surface area (Å²) >= 11 is 1.09. The Hall–Kier alpha value is -3.42. The van der Waals surface area contributed by atoms with E-state index in [9.17, 15) is 14.7 Å². The van der Waals surface area contributed by atoms with Gasteiger partial charge in [0.15, 0.2) is 0 Å². The SMILES string of the molecule is N.O=C(O)c1sc2c(ccc(=O)n2-c2ccccc2)c1Nc1ccccc1. The standard InChI is InChI=1S/C20H14N2O3S.H3N/c23-16-12-11-15-17(21-13-7-3-1-4-8-13)18(20(24)25)26-19(15)22(16)14-9-5-2-6-10-14;/h1-12,21H,(H,24,25);1H3. The number of aromatic carboxylic acids is 1. The van der Waals surface area contributed by atoms with Gasteiger partial charge in [0, 0.05) is 17.1 Å². The fourth-order valence-corrected chi connectivity index (χ4v) is 3.95. The number of anilines is 2. The summed E-state index contributed by atoms with van der Waals surface area (Å²) < 4.78 is 1.54. The highest BCUT2D eigenvalue weighted by Gasteiger charge is 2.21. The van der Waals surface area contributed by atoms with Crippen LogP contribution in [0.1, 0.15) is 9.67 Å². The van der Waals surface area contributed by atoms with Crippen LogP contribution < -0.4 is 17.0 Å². The second-order valence-electron chi connectivity index (χ2n) is 5.66. The maximum atomic E-state index is 12.5. The molecule has 0 radical (unpaired) electrons. The topological polar surface area (TPSA) is 106 Å². The molecule has 2 aromatic heterocycles. The number of para-hydroxylation sites is 2. The van der Waals surface area contributed by atoms with Crippen LogP contribution in [0.4, 0.5) is 11.4 Å². The fraction of sp³-hybridized carbons (Fsp3) is 0. The van der Waals surface area contributed by atoms with Crippen molar-refractivity contribution in [2.24, 2.45) is 0 Å². The van der Waals surface area contributed by atoms with Crippen LogP contribution in [0.15, 0.2) is 77.6 Å². The van der Waals surface area contributed by atoms with Gasteiger partial charge in [-0.15, -0.1) is 11.3 Å². The first-order valence-electron chi connectivity index (χ1n) is 7.94. The summed E-state index contributed by atoms with van der Waals surface area (Å²) in [4.78, 5) is 25.0. The number of benzene rings is 2. The molecule has 5 N–H and O–H groups in total. The van der Waals surface area contributed by atoms with E-state index in [0.29, 0.717) is 21.6 Å². The number of hydrogen-bond donors (Lipinski definition) is 3. The van der Waals surface area contributed by atoms with E-state index >= 15 is 0 Å². The third-order valence-electron chi connectivity index (χ3n) is 3.99. The lowest BCUT2D eigenvalue weighted by molar-refractivity contribution is 0.0703. The monoisotopic (exact) mass is 379 g/mol. The summed E-state index contributed by atoms with van der Waals surface area (Å²) in [5.41, 5.74) is 1.78. The summed E-state index contributed by atoms with van der Waals surface area (Å²) in [6.45, 7) is 0. The van der Waals surface area contributed by atoms with Crippen molar-refractivity contribution in [3.8, 4) is 5.69 Å². The molecule has 0 atom stereocenters. The molecular formula is C20H17N3O3S. The molecule has 4 aromatic rings. The molecule has 7 heteroatoms. The van der Waals surface area contributed by atoms with Crippen LogP contribution in [-0.4, -0.2) is 15.6 Å². The van der Waals surface area contributed by atoms with Crippen molar-refractivity contribution in [1.82, 2.24) is 10.7 Å². The predicted octanol–water partition coefficient (Wildman–Crippen LogP) is 4.66. The highest BCUT2D eigenvalue weighted by Crippen LogP contribution is 2.37. The van der Waals surface area contributed by atoms with Gasteiger partial charge in [-0.05, 0) is 30.3 Å². The molecule has 136 valence electrons. The molecule has 0 bridgehead atoms. The fourth-order valence-electron chi connectivity index (χ4n) is 2.84. The van der Waals surface area contributed by atoms with E-state index in [1.54, 1.807) is 10.6 Å². The number of nitrogens with one attached hydrogen (secondary N) is 1. The highest BCUT2D eigenvalue weighted by atomic mass is 32.1. The molecule has 0 fully saturated rings. The van der Waals surface area contributed by atoms with E-state index in [1.807, 2.05) is 60.7 Å². The molecule has 27 heavy (non-hydrogen) atoms. The number of pyridine rings is 1. The molecule has 0 unspecified atom stereocenters. The normalized spacial score (nSPS) is 10.4. The lowest BCUT2D eigenvalue weighted by Crippen LogP contribution is -2.16. The Morgan fingerprint density at radius 3 is 2.19 bits per heavy atom. The van der Waals surface area contributed by atoms with Crippen molar-refractivity contribution in [2.75, 3.05) is 5.32 Å². The Balaban J connectivity index is 0.00000210. The highest BCUT2D eigenvalue weighted by molar-refractivity contribution is 7.21. The van der Waals surface area contributed by atoms with Crippen LogP contribution in [0, 0.1) is 0 Å². The number of fused-ring (bicyclic) bond motifs is 1. The van der Waals surface area contributed by atoms with Crippen LogP contribution in [0.2, 0.25) is 0 Å². The lowest BCUT2D eigenvalue weighted by atomic mass is 10.2. The molecule has 0 aliphatic carbocycles. The van der Waals surface area contributed by atoms with Crippen molar-refractivity contribution in [3.05, 3.63) is 88.0 Å². The van der Waals surface area contributed by atoms with E-state index < -0.39 is 5.97 Å². The van der Waals surface area contributed by atoms with Gasteiger partial charge in [0.1, 0.15) is 9.71 Å². The van der Waals surface area contributed by atoms with Crippen LogP contribution in [0.5, 0.6) is 0 Å². The first kappa shape index (κ1) is 18.4. The van der Waals surface area contributed by atoms with Gasteiger partial charge in [0.25, 0.3) is 5.56 Å². The Kier molecular flexibility index (Phi) is 5.07. The zero-order valence-electron chi connectivity index (χ0n) is 14.3. The van der Waals surface area contributed by atoms with E-state index in [2.05, 4.69) is 5.32 Å². The van der Waals surface area contributed by atoms with Gasteiger partial charge in [-0.3, -0.25) is 9.36 Å². The van der Waals surface area contributed by atoms with Gasteiger partial charge in [0.2, 0.25) is 0 Å². The van der Waals surface area contributed by atoms with Crippen molar-refractivity contribution in [1.29, 1.82) is 0 Å². The van der Waals surface area contributed by atoms with Crippen LogP contribution in [0.25, 0.3) is 15.9 Å². The Morgan fingerprint density at radius 2 is 1.56 bits per heavy atom. The molecule has 0 saturated heterocycles. The molecule has 0 aliphatic heterocycles. The van der Waals surface area contributed by atoms with Crippen LogP contribution >= 0.6 is 11.3 Å². The number of nitrogens with zero attached hydrogens (tertiary/aromatic N) is 1. The van der Waals surface area contributed by atoms with Gasteiger partial charge in [-0.25, -0.2) is 4.79 Å². The second kappa shape index (κ2) is 7.45. The zero-order valence-corrected chi connectivity index (χ0v) is 15.1. The van der Waals surface area contributed by atoms with Gasteiger partial charge in [-0.1, -0.05) is 36.4 Å². The van der Waals surface area contributed by atoms with Gasteiger partial charge < -0.3 is 16.6 Å². The number of carbonyl (C=O) groups is 1. The molecule has 0 amide bonds. The Bertz CT molecular complexity index is 1150. The molecule has 2 aromatic carbocycles. The summed E-state index contributed by atoms with van der Waals surface area (Å²) in [6.07, 6.45) is 0. The molecule has 0 spiro atoms. The van der Waals surface area contributed by atoms with E-state index in [4.69, 9.17) is 0 Å². The number of rotatable bonds is 4. The van der Waals surface area contributed by atoms with Crippen molar-refractivity contribution in [3.63, 3.8) is 0 Å². The van der Waals surface area contributed by atoms with E-state index in [-0.39, 0.29) is 16.6 Å². The Labute approximate surface area is 158 Å². The van der Waals surface area contributed by atoms with E-state index in [0.717, 1.165) is 17.0 Å². The maximum Gasteiger partial charge on any atom is 0.348 e. The van der Waals surface area contributed by atoms with Crippen molar-refractivity contribution < 1.29 is 9.90 Å². The third-order valence-corrected chi connectivity index (χ3v) is 5.17. The Morgan fingerprint density at radius 1 is 0.926 bits per heavy atom. The van der Waals surface area contributed by atoms with Crippen molar-refractivity contribution >= 4 is 38.9 Å². The maximum absolute atomic E-state index is 12.5. The van der Waals surface area contributed by atoms with Crippen LogP contribution in [0.3, 0.4) is 0 Å². The molecule has 6 nitrogen and oxygen atoms in total. The minimum absolute atomic E-state index is 0. The van der Waals surface area contributed by atoms with E-state index in [1.165, 1.54) is 6.07 Å². The first-order chi connectivity index (χ1) is 12.6. The predicted molar refractivity (Wildman–Crippen MR) is 109 cm³/mol. The van der Waals surface area contributed by atoms with Crippen LogP contribution in [-0.2, 0) is 0 Å². The lowest BCUT2D eigenvalue weighted by Gasteiger charge is -2.09. The first-order valence-corrected chi connectivity index (χ1v) is 8.76. The summed E-state index contributed by atoms with van der Waals surface area (Å²) in [5, 5.41) is 13.5. The number of carboxylic acid groups (broad SMARTS) is 1. The number of thiophene rings is 1. The molecule has 2 heterocycles. The third kappa shape index (κ3) is 3.33. The summed E-state index contributed by atoms with van der Waals surface area (Å²) in [6, 6.07) is 21.7. The molecule has 0 aliphatic rings. The molecule has 4 rings (SSSR count). The average molecular weight is 379 g/mol. The number of aromatic nitrogens is 1. The van der Waals surface area contributed by atoms with Gasteiger partial charge >= 0.3 is 5.97 Å². The average Bonchev–Trinajstić information content (AvgIpc) is 3.02. The number of carboxylic acids is 1. The zero-order chi connectivity index (χ0) is 18.1. The minimum Gasteiger partial charge on any atom is -0.477 e. The largest absolute Gasteiger partial charge is 0.477 e. The summed E-state index contributed by atoms with van der Waals surface area (Å²) in [5.74, 6) is -1.03. The molecular weight excluding hydrogens is 362 g/mol. The van der Waals surface area contributed by atoms with Gasteiger partial charge in [0.05, 0.1) is 11.4 Å². The number of hydrogen-bond acceptors (Lipinski definition) is 5. The molecule has 0 saturated carbocycles. The smallest absolute Gasteiger partial charge is 0.348 e. The minimum atomic E-state index is -1.03.